The topological polar surface area (TPSA) is 58.0 Å². The Labute approximate surface area is 103 Å². The summed E-state index contributed by atoms with van der Waals surface area (Å²) in [6, 6.07) is 0. The minimum atomic E-state index is -0.0691. The molecule has 0 aliphatic heterocycles. The molecule has 0 radical (unpaired) electrons. The van der Waals surface area contributed by atoms with Crippen molar-refractivity contribution in [3.8, 4) is 0 Å². The van der Waals surface area contributed by atoms with E-state index in [1.165, 1.54) is 0 Å². The minimum absolute atomic E-state index is 0.0691. The lowest BCUT2D eigenvalue weighted by Gasteiger charge is -2.25. The molecule has 0 atom stereocenters. The quantitative estimate of drug-likeness (QED) is 0.797. The molecule has 0 saturated carbocycles. The molecule has 1 aromatic heterocycles. The van der Waals surface area contributed by atoms with E-state index in [0.717, 1.165) is 12.4 Å². The Morgan fingerprint density at radius 1 is 1.18 bits per heavy atom. The molecule has 0 bridgehead atoms. The molecule has 17 heavy (non-hydrogen) atoms. The Morgan fingerprint density at radius 2 is 1.82 bits per heavy atom. The maximum atomic E-state index is 8.99. The van der Waals surface area contributed by atoms with Crippen LogP contribution in [0.25, 0.3) is 0 Å². The smallest absolute Gasteiger partial charge is 0.144 e. The third-order valence-electron chi connectivity index (χ3n) is 3.08. The lowest BCUT2D eigenvalue weighted by atomic mass is 9.85. The second-order valence-electron chi connectivity index (χ2n) is 5.09. The standard InChI is InChI=1S/C13H23N3O/c1-9(2)12(10(3)4)6-15-13-7-14-5-11(8-17)16-13/h5,7,9-10,12,17H,6,8H2,1-4H3,(H,15,16). The molecule has 1 aromatic rings. The molecule has 4 nitrogen and oxygen atoms in total. The van der Waals surface area contributed by atoms with E-state index in [0.29, 0.717) is 23.4 Å². The molecule has 0 amide bonds. The summed E-state index contributed by atoms with van der Waals surface area (Å²) < 4.78 is 0. The van der Waals surface area contributed by atoms with E-state index in [1.807, 2.05) is 0 Å². The van der Waals surface area contributed by atoms with E-state index in [2.05, 4.69) is 43.0 Å². The van der Waals surface area contributed by atoms with Crippen molar-refractivity contribution in [2.45, 2.75) is 34.3 Å². The Morgan fingerprint density at radius 3 is 2.35 bits per heavy atom. The molecule has 0 aliphatic carbocycles. The van der Waals surface area contributed by atoms with E-state index in [1.54, 1.807) is 12.4 Å². The predicted molar refractivity (Wildman–Crippen MR) is 69.6 cm³/mol. The fourth-order valence-corrected chi connectivity index (χ4v) is 2.03. The minimum Gasteiger partial charge on any atom is -0.390 e. The maximum Gasteiger partial charge on any atom is 0.144 e. The molecule has 0 spiro atoms. The average molecular weight is 237 g/mol. The first kappa shape index (κ1) is 13.9. The predicted octanol–water partition coefficient (Wildman–Crippen LogP) is 2.31. The van der Waals surface area contributed by atoms with Crippen LogP contribution in [0.4, 0.5) is 5.82 Å². The summed E-state index contributed by atoms with van der Waals surface area (Å²) in [5.74, 6) is 2.62. The van der Waals surface area contributed by atoms with Crippen LogP contribution in [0.15, 0.2) is 12.4 Å². The van der Waals surface area contributed by atoms with Crippen LogP contribution in [0.1, 0.15) is 33.4 Å². The number of aliphatic hydroxyl groups excluding tert-OH is 1. The van der Waals surface area contributed by atoms with Crippen LogP contribution in [0.5, 0.6) is 0 Å². The zero-order chi connectivity index (χ0) is 12.8. The van der Waals surface area contributed by atoms with Crippen molar-refractivity contribution >= 4 is 5.82 Å². The SMILES string of the molecule is CC(C)C(CNc1cncc(CO)n1)C(C)C. The monoisotopic (exact) mass is 237 g/mol. The normalized spacial score (nSPS) is 11.5. The molecule has 0 saturated heterocycles. The highest BCUT2D eigenvalue weighted by molar-refractivity contribution is 5.31. The Balaban J connectivity index is 2.59. The number of aromatic nitrogens is 2. The molecule has 0 aromatic carbocycles. The van der Waals surface area contributed by atoms with Crippen molar-refractivity contribution in [3.63, 3.8) is 0 Å². The van der Waals surface area contributed by atoms with Crippen LogP contribution in [-0.2, 0) is 6.61 Å². The molecular weight excluding hydrogens is 214 g/mol. The number of aliphatic hydroxyl groups is 1. The van der Waals surface area contributed by atoms with Crippen LogP contribution < -0.4 is 5.32 Å². The van der Waals surface area contributed by atoms with Gasteiger partial charge in [-0.1, -0.05) is 27.7 Å². The Kier molecular flexibility index (Phi) is 5.35. The van der Waals surface area contributed by atoms with Crippen LogP contribution >= 0.6 is 0 Å². The molecule has 2 N–H and O–H groups in total. The van der Waals surface area contributed by atoms with Gasteiger partial charge in [0.1, 0.15) is 5.82 Å². The fraction of sp³-hybridized carbons (Fsp3) is 0.692. The molecular formula is C13H23N3O. The van der Waals surface area contributed by atoms with Crippen molar-refractivity contribution in [2.75, 3.05) is 11.9 Å². The van der Waals surface area contributed by atoms with Gasteiger partial charge in [-0.25, -0.2) is 4.98 Å². The second-order valence-corrected chi connectivity index (χ2v) is 5.09. The lowest BCUT2D eigenvalue weighted by Crippen LogP contribution is -2.25. The summed E-state index contributed by atoms with van der Waals surface area (Å²) >= 11 is 0. The van der Waals surface area contributed by atoms with E-state index >= 15 is 0 Å². The summed E-state index contributed by atoms with van der Waals surface area (Å²) in [5.41, 5.74) is 0.598. The Hall–Kier alpha value is -1.16. The zero-order valence-corrected chi connectivity index (χ0v) is 11.1. The second kappa shape index (κ2) is 6.55. The summed E-state index contributed by atoms with van der Waals surface area (Å²) in [4.78, 5) is 8.30. The maximum absolute atomic E-state index is 8.99. The Bertz CT molecular complexity index is 331. The van der Waals surface area contributed by atoms with Gasteiger partial charge in [0.25, 0.3) is 0 Å². The van der Waals surface area contributed by atoms with Crippen molar-refractivity contribution in [1.29, 1.82) is 0 Å². The van der Waals surface area contributed by atoms with E-state index < -0.39 is 0 Å². The van der Waals surface area contributed by atoms with E-state index in [9.17, 15) is 0 Å². The molecule has 1 rings (SSSR count). The lowest BCUT2D eigenvalue weighted by molar-refractivity contribution is 0.276. The van der Waals surface area contributed by atoms with Crippen LogP contribution in [0, 0.1) is 17.8 Å². The van der Waals surface area contributed by atoms with Gasteiger partial charge in [-0.05, 0) is 17.8 Å². The molecule has 0 aliphatic rings. The number of nitrogens with zero attached hydrogens (tertiary/aromatic N) is 2. The first-order valence-corrected chi connectivity index (χ1v) is 6.20. The van der Waals surface area contributed by atoms with Gasteiger partial charge in [0, 0.05) is 6.54 Å². The third-order valence-corrected chi connectivity index (χ3v) is 3.08. The summed E-state index contributed by atoms with van der Waals surface area (Å²) in [7, 11) is 0. The van der Waals surface area contributed by atoms with Crippen molar-refractivity contribution in [3.05, 3.63) is 18.1 Å². The van der Waals surface area contributed by atoms with Crippen LogP contribution in [-0.4, -0.2) is 21.6 Å². The van der Waals surface area contributed by atoms with Crippen molar-refractivity contribution < 1.29 is 5.11 Å². The van der Waals surface area contributed by atoms with Gasteiger partial charge in [0.05, 0.1) is 24.7 Å². The highest BCUT2D eigenvalue weighted by atomic mass is 16.3. The number of hydrogen-bond acceptors (Lipinski definition) is 4. The largest absolute Gasteiger partial charge is 0.390 e. The van der Waals surface area contributed by atoms with E-state index in [4.69, 9.17) is 5.11 Å². The summed E-state index contributed by atoms with van der Waals surface area (Å²) in [6.45, 7) is 9.77. The molecule has 0 unspecified atom stereocenters. The highest BCUT2D eigenvalue weighted by Gasteiger charge is 2.17. The van der Waals surface area contributed by atoms with Gasteiger partial charge in [-0.15, -0.1) is 0 Å². The van der Waals surface area contributed by atoms with Gasteiger partial charge >= 0.3 is 0 Å². The first-order valence-electron chi connectivity index (χ1n) is 6.20. The highest BCUT2D eigenvalue weighted by Crippen LogP contribution is 2.20. The fourth-order valence-electron chi connectivity index (χ4n) is 2.03. The number of hydrogen-bond donors (Lipinski definition) is 2. The number of anilines is 1. The molecule has 1 heterocycles. The summed E-state index contributed by atoms with van der Waals surface area (Å²) in [6.07, 6.45) is 3.27. The average Bonchev–Trinajstić information content (AvgIpc) is 2.28. The molecule has 0 fully saturated rings. The zero-order valence-electron chi connectivity index (χ0n) is 11.1. The van der Waals surface area contributed by atoms with Crippen LogP contribution in [0.2, 0.25) is 0 Å². The van der Waals surface area contributed by atoms with Crippen molar-refractivity contribution in [1.82, 2.24) is 9.97 Å². The van der Waals surface area contributed by atoms with Gasteiger partial charge in [-0.3, -0.25) is 4.98 Å². The van der Waals surface area contributed by atoms with Crippen LogP contribution in [0.3, 0.4) is 0 Å². The van der Waals surface area contributed by atoms with E-state index in [-0.39, 0.29) is 6.61 Å². The molecule has 4 heteroatoms. The first-order chi connectivity index (χ1) is 8.04. The van der Waals surface area contributed by atoms with Gasteiger partial charge in [0.15, 0.2) is 0 Å². The van der Waals surface area contributed by atoms with Crippen molar-refractivity contribution in [2.24, 2.45) is 17.8 Å². The number of rotatable bonds is 6. The van der Waals surface area contributed by atoms with Gasteiger partial charge in [0.2, 0.25) is 0 Å². The van der Waals surface area contributed by atoms with Gasteiger partial charge in [-0.2, -0.15) is 0 Å². The van der Waals surface area contributed by atoms with Gasteiger partial charge < -0.3 is 10.4 Å². The summed E-state index contributed by atoms with van der Waals surface area (Å²) in [5, 5.41) is 12.3. The number of nitrogens with one attached hydrogen (secondary N) is 1. The molecule has 96 valence electrons. The third kappa shape index (κ3) is 4.30.